The number of rotatable bonds is 1. The summed E-state index contributed by atoms with van der Waals surface area (Å²) in [7, 11) is 0. The molecule has 1 aromatic heterocycles. The number of anilines is 2. The fourth-order valence-electron chi connectivity index (χ4n) is 2.15. The Morgan fingerprint density at radius 2 is 1.82 bits per heavy atom. The normalized spacial score (nSPS) is 18.4. The van der Waals surface area contributed by atoms with Gasteiger partial charge in [0, 0.05) is 37.9 Å². The molecule has 0 aliphatic carbocycles. The van der Waals surface area contributed by atoms with Gasteiger partial charge in [0.05, 0.1) is 0 Å². The van der Waals surface area contributed by atoms with E-state index in [4.69, 9.17) is 5.73 Å². The van der Waals surface area contributed by atoms with Gasteiger partial charge in [-0.25, -0.2) is 4.98 Å². The summed E-state index contributed by atoms with van der Waals surface area (Å²) >= 11 is 0. The average molecular weight is 235 g/mol. The lowest BCUT2D eigenvalue weighted by molar-refractivity contribution is 0.128. The molecule has 94 valence electrons. The second kappa shape index (κ2) is 4.49. The maximum Gasteiger partial charge on any atom is 0.221 e. The van der Waals surface area contributed by atoms with Crippen LogP contribution in [0.25, 0.3) is 0 Å². The largest absolute Gasteiger partial charge is 0.368 e. The first-order valence-corrected chi connectivity index (χ1v) is 6.05. The molecule has 0 spiro atoms. The third kappa shape index (κ3) is 2.85. The lowest BCUT2D eigenvalue weighted by Gasteiger charge is -2.42. The maximum absolute atomic E-state index is 5.60. The zero-order valence-electron chi connectivity index (χ0n) is 10.8. The van der Waals surface area contributed by atoms with Gasteiger partial charge in [-0.05, 0) is 26.8 Å². The zero-order chi connectivity index (χ0) is 12.5. The molecule has 2 N–H and O–H groups in total. The summed E-state index contributed by atoms with van der Waals surface area (Å²) in [5.41, 5.74) is 5.85. The van der Waals surface area contributed by atoms with Gasteiger partial charge in [-0.15, -0.1) is 0 Å². The minimum absolute atomic E-state index is 0.247. The van der Waals surface area contributed by atoms with Crippen LogP contribution < -0.4 is 10.6 Å². The van der Waals surface area contributed by atoms with E-state index in [-0.39, 0.29) is 5.54 Å². The van der Waals surface area contributed by atoms with Gasteiger partial charge in [0.15, 0.2) is 0 Å². The molecule has 2 rings (SSSR count). The van der Waals surface area contributed by atoms with E-state index < -0.39 is 0 Å². The van der Waals surface area contributed by atoms with E-state index >= 15 is 0 Å². The first kappa shape index (κ1) is 12.1. The van der Waals surface area contributed by atoms with Gasteiger partial charge in [-0.2, -0.15) is 4.98 Å². The lowest BCUT2D eigenvalue weighted by Crippen LogP contribution is -2.53. The predicted molar refractivity (Wildman–Crippen MR) is 70.0 cm³/mol. The Morgan fingerprint density at radius 3 is 2.35 bits per heavy atom. The van der Waals surface area contributed by atoms with Crippen LogP contribution in [0.5, 0.6) is 0 Å². The van der Waals surface area contributed by atoms with E-state index in [1.807, 2.05) is 6.07 Å². The average Bonchev–Trinajstić information content (AvgIpc) is 2.28. The molecule has 1 aliphatic heterocycles. The molecule has 17 heavy (non-hydrogen) atoms. The summed E-state index contributed by atoms with van der Waals surface area (Å²) in [4.78, 5) is 12.9. The minimum atomic E-state index is 0.247. The fraction of sp³-hybridized carbons (Fsp3) is 0.667. The van der Waals surface area contributed by atoms with Crippen molar-refractivity contribution in [2.45, 2.75) is 26.3 Å². The quantitative estimate of drug-likeness (QED) is 0.786. The van der Waals surface area contributed by atoms with Crippen molar-refractivity contribution in [1.29, 1.82) is 0 Å². The summed E-state index contributed by atoms with van der Waals surface area (Å²) in [6.45, 7) is 10.9. The molecule has 5 heteroatoms. The molecule has 5 nitrogen and oxygen atoms in total. The monoisotopic (exact) mass is 235 g/mol. The first-order chi connectivity index (χ1) is 7.97. The van der Waals surface area contributed by atoms with E-state index in [1.165, 1.54) is 0 Å². The van der Waals surface area contributed by atoms with Crippen molar-refractivity contribution in [3.8, 4) is 0 Å². The SMILES string of the molecule is CC(C)(C)N1CCN(c2ccnc(N)n2)CC1. The molecule has 0 saturated carbocycles. The predicted octanol–water partition coefficient (Wildman–Crippen LogP) is 0.979. The van der Waals surface area contributed by atoms with Crippen molar-refractivity contribution >= 4 is 11.8 Å². The summed E-state index contributed by atoms with van der Waals surface area (Å²) in [5, 5.41) is 0. The van der Waals surface area contributed by atoms with Crippen LogP contribution in [-0.2, 0) is 0 Å². The summed E-state index contributed by atoms with van der Waals surface area (Å²) in [6.07, 6.45) is 1.72. The molecule has 1 saturated heterocycles. The van der Waals surface area contributed by atoms with Crippen molar-refractivity contribution < 1.29 is 0 Å². The molecular formula is C12H21N5. The van der Waals surface area contributed by atoms with E-state index in [0.29, 0.717) is 5.95 Å². The Morgan fingerprint density at radius 1 is 1.18 bits per heavy atom. The van der Waals surface area contributed by atoms with Gasteiger partial charge in [0.25, 0.3) is 0 Å². The number of nitrogens with two attached hydrogens (primary N) is 1. The fourth-order valence-corrected chi connectivity index (χ4v) is 2.15. The number of hydrogen-bond donors (Lipinski definition) is 1. The van der Waals surface area contributed by atoms with Gasteiger partial charge < -0.3 is 10.6 Å². The van der Waals surface area contributed by atoms with Crippen LogP contribution in [0.3, 0.4) is 0 Å². The molecule has 0 amide bonds. The zero-order valence-corrected chi connectivity index (χ0v) is 10.8. The molecule has 0 radical (unpaired) electrons. The summed E-state index contributed by atoms with van der Waals surface area (Å²) < 4.78 is 0. The number of nitrogen functional groups attached to an aromatic ring is 1. The third-order valence-corrected chi connectivity index (χ3v) is 3.21. The maximum atomic E-state index is 5.60. The Labute approximate surface area is 103 Å². The molecule has 0 aromatic carbocycles. The van der Waals surface area contributed by atoms with E-state index in [0.717, 1.165) is 32.0 Å². The van der Waals surface area contributed by atoms with E-state index in [9.17, 15) is 0 Å². The van der Waals surface area contributed by atoms with Crippen LogP contribution in [0, 0.1) is 0 Å². The van der Waals surface area contributed by atoms with E-state index in [2.05, 4.69) is 40.5 Å². The standard InChI is InChI=1S/C12H21N5/c1-12(2,3)17-8-6-16(7-9-17)10-4-5-14-11(13)15-10/h4-5H,6-9H2,1-3H3,(H2,13,14,15). The van der Waals surface area contributed by atoms with Crippen molar-refractivity contribution in [1.82, 2.24) is 14.9 Å². The second-order valence-corrected chi connectivity index (χ2v) is 5.42. The van der Waals surface area contributed by atoms with Crippen molar-refractivity contribution in [3.05, 3.63) is 12.3 Å². The molecule has 2 heterocycles. The van der Waals surface area contributed by atoms with Gasteiger partial charge in [-0.3, -0.25) is 4.90 Å². The van der Waals surface area contributed by atoms with Crippen LogP contribution in [0.15, 0.2) is 12.3 Å². The summed E-state index contributed by atoms with van der Waals surface area (Å²) in [6, 6.07) is 1.92. The lowest BCUT2D eigenvalue weighted by atomic mass is 10.1. The number of piperazine rings is 1. The number of hydrogen-bond acceptors (Lipinski definition) is 5. The molecule has 1 fully saturated rings. The minimum Gasteiger partial charge on any atom is -0.368 e. The highest BCUT2D eigenvalue weighted by Crippen LogP contribution is 2.19. The van der Waals surface area contributed by atoms with Crippen LogP contribution >= 0.6 is 0 Å². The smallest absolute Gasteiger partial charge is 0.221 e. The number of aromatic nitrogens is 2. The van der Waals surface area contributed by atoms with Crippen LogP contribution in [-0.4, -0.2) is 46.6 Å². The van der Waals surface area contributed by atoms with Crippen molar-refractivity contribution in [2.75, 3.05) is 36.8 Å². The van der Waals surface area contributed by atoms with Crippen molar-refractivity contribution in [2.24, 2.45) is 0 Å². The van der Waals surface area contributed by atoms with Crippen LogP contribution in [0.4, 0.5) is 11.8 Å². The Hall–Kier alpha value is -1.36. The van der Waals surface area contributed by atoms with Crippen molar-refractivity contribution in [3.63, 3.8) is 0 Å². The second-order valence-electron chi connectivity index (χ2n) is 5.42. The number of nitrogens with zero attached hydrogens (tertiary/aromatic N) is 4. The van der Waals surface area contributed by atoms with Gasteiger partial charge in [0.2, 0.25) is 5.95 Å². The van der Waals surface area contributed by atoms with Crippen LogP contribution in [0.2, 0.25) is 0 Å². The van der Waals surface area contributed by atoms with Gasteiger partial charge >= 0.3 is 0 Å². The molecule has 0 bridgehead atoms. The summed E-state index contributed by atoms with van der Waals surface area (Å²) in [5.74, 6) is 1.28. The Kier molecular flexibility index (Phi) is 3.19. The highest BCUT2D eigenvalue weighted by atomic mass is 15.3. The van der Waals surface area contributed by atoms with E-state index in [1.54, 1.807) is 6.20 Å². The third-order valence-electron chi connectivity index (χ3n) is 3.21. The van der Waals surface area contributed by atoms with Gasteiger partial charge in [-0.1, -0.05) is 0 Å². The molecule has 0 unspecified atom stereocenters. The molecule has 1 aliphatic rings. The molecule has 1 aromatic rings. The highest BCUT2D eigenvalue weighted by Gasteiger charge is 2.26. The first-order valence-electron chi connectivity index (χ1n) is 6.05. The Balaban J connectivity index is 2.00. The Bertz CT molecular complexity index is 377. The van der Waals surface area contributed by atoms with Gasteiger partial charge in [0.1, 0.15) is 5.82 Å². The molecule has 0 atom stereocenters. The highest BCUT2D eigenvalue weighted by molar-refractivity contribution is 5.41. The topological polar surface area (TPSA) is 58.3 Å². The van der Waals surface area contributed by atoms with Crippen LogP contribution in [0.1, 0.15) is 20.8 Å². The molecular weight excluding hydrogens is 214 g/mol.